The van der Waals surface area contributed by atoms with E-state index >= 15 is 0 Å². The summed E-state index contributed by atoms with van der Waals surface area (Å²) in [4.78, 5) is 18.6. The summed E-state index contributed by atoms with van der Waals surface area (Å²) in [7, 11) is 0. The van der Waals surface area contributed by atoms with Gasteiger partial charge in [0.15, 0.2) is 0 Å². The number of aromatic nitrogens is 1. The number of nitrogens with zero attached hydrogens (tertiary/aromatic N) is 2. The van der Waals surface area contributed by atoms with Crippen molar-refractivity contribution < 1.29 is 9.90 Å². The summed E-state index contributed by atoms with van der Waals surface area (Å²) in [6.07, 6.45) is 0.00254. The van der Waals surface area contributed by atoms with E-state index in [1.54, 1.807) is 11.3 Å². The van der Waals surface area contributed by atoms with Gasteiger partial charge in [0.2, 0.25) is 0 Å². The Morgan fingerprint density at radius 2 is 2.00 bits per heavy atom. The Bertz CT molecular complexity index is 596. The fourth-order valence-corrected chi connectivity index (χ4v) is 3.24. The predicted molar refractivity (Wildman–Crippen MR) is 84.4 cm³/mol. The molecule has 0 spiro atoms. The SMILES string of the molecule is CCN(Cc1ccccc1)Cc1sc(C)nc1CC(=O)O. The summed E-state index contributed by atoms with van der Waals surface area (Å²) in [6.45, 7) is 6.57. The van der Waals surface area contributed by atoms with Crippen LogP contribution < -0.4 is 0 Å². The molecule has 0 saturated heterocycles. The van der Waals surface area contributed by atoms with Gasteiger partial charge >= 0.3 is 5.97 Å². The van der Waals surface area contributed by atoms with Crippen LogP contribution in [-0.4, -0.2) is 27.5 Å². The van der Waals surface area contributed by atoms with E-state index in [-0.39, 0.29) is 6.42 Å². The van der Waals surface area contributed by atoms with Crippen LogP contribution in [0.15, 0.2) is 30.3 Å². The van der Waals surface area contributed by atoms with Gasteiger partial charge in [-0.3, -0.25) is 9.69 Å². The summed E-state index contributed by atoms with van der Waals surface area (Å²) in [5.74, 6) is -0.826. The van der Waals surface area contributed by atoms with Crippen molar-refractivity contribution >= 4 is 17.3 Å². The molecule has 0 atom stereocenters. The Hall–Kier alpha value is -1.72. The van der Waals surface area contributed by atoms with E-state index in [2.05, 4.69) is 28.9 Å². The van der Waals surface area contributed by atoms with Crippen molar-refractivity contribution in [2.24, 2.45) is 0 Å². The number of carboxylic acid groups (broad SMARTS) is 1. The largest absolute Gasteiger partial charge is 0.481 e. The molecule has 4 nitrogen and oxygen atoms in total. The summed E-state index contributed by atoms with van der Waals surface area (Å²) in [6, 6.07) is 10.3. The van der Waals surface area contributed by atoms with Crippen molar-refractivity contribution in [3.05, 3.63) is 51.5 Å². The van der Waals surface area contributed by atoms with Crippen LogP contribution >= 0.6 is 11.3 Å². The Balaban J connectivity index is 2.09. The van der Waals surface area contributed by atoms with E-state index in [0.717, 1.165) is 29.5 Å². The molecular weight excluding hydrogens is 284 g/mol. The Kier molecular flexibility index (Phi) is 5.47. The highest BCUT2D eigenvalue weighted by molar-refractivity contribution is 7.11. The van der Waals surface area contributed by atoms with E-state index in [4.69, 9.17) is 5.11 Å². The molecular formula is C16H20N2O2S. The normalized spacial score (nSPS) is 11.0. The van der Waals surface area contributed by atoms with E-state index < -0.39 is 5.97 Å². The number of carboxylic acids is 1. The number of aliphatic carboxylic acids is 1. The lowest BCUT2D eigenvalue weighted by atomic mass is 10.2. The molecule has 21 heavy (non-hydrogen) atoms. The van der Waals surface area contributed by atoms with Crippen molar-refractivity contribution in [2.45, 2.75) is 33.4 Å². The molecule has 1 aromatic heterocycles. The summed E-state index contributed by atoms with van der Waals surface area (Å²) < 4.78 is 0. The van der Waals surface area contributed by atoms with Gasteiger partial charge in [-0.15, -0.1) is 11.3 Å². The number of aryl methyl sites for hydroxylation is 1. The first-order valence-corrected chi connectivity index (χ1v) is 7.83. The van der Waals surface area contributed by atoms with Gasteiger partial charge in [0.1, 0.15) is 0 Å². The Labute approximate surface area is 129 Å². The summed E-state index contributed by atoms with van der Waals surface area (Å²) in [5.41, 5.74) is 1.97. The molecule has 0 unspecified atom stereocenters. The van der Waals surface area contributed by atoms with Crippen molar-refractivity contribution in [3.63, 3.8) is 0 Å². The van der Waals surface area contributed by atoms with Crippen molar-refractivity contribution in [2.75, 3.05) is 6.54 Å². The Morgan fingerprint density at radius 1 is 1.29 bits per heavy atom. The summed E-state index contributed by atoms with van der Waals surface area (Å²) >= 11 is 1.59. The summed E-state index contributed by atoms with van der Waals surface area (Å²) in [5, 5.41) is 9.91. The minimum Gasteiger partial charge on any atom is -0.481 e. The second-order valence-corrected chi connectivity index (χ2v) is 6.25. The van der Waals surface area contributed by atoms with Crippen LogP contribution in [0.1, 0.15) is 28.1 Å². The lowest BCUT2D eigenvalue weighted by molar-refractivity contribution is -0.136. The molecule has 2 rings (SSSR count). The highest BCUT2D eigenvalue weighted by atomic mass is 32.1. The lowest BCUT2D eigenvalue weighted by Crippen LogP contribution is -2.22. The van der Waals surface area contributed by atoms with E-state index in [1.165, 1.54) is 5.56 Å². The smallest absolute Gasteiger partial charge is 0.309 e. The molecule has 0 aliphatic carbocycles. The zero-order valence-corrected chi connectivity index (χ0v) is 13.2. The number of carbonyl (C=O) groups is 1. The highest BCUT2D eigenvalue weighted by Gasteiger charge is 2.15. The van der Waals surface area contributed by atoms with Crippen LogP contribution in [0.5, 0.6) is 0 Å². The zero-order valence-electron chi connectivity index (χ0n) is 12.4. The maximum atomic E-state index is 10.9. The third kappa shape index (κ3) is 4.65. The molecule has 0 radical (unpaired) electrons. The third-order valence-electron chi connectivity index (χ3n) is 3.27. The fraction of sp³-hybridized carbons (Fsp3) is 0.375. The molecule has 1 heterocycles. The highest BCUT2D eigenvalue weighted by Crippen LogP contribution is 2.21. The number of thiazole rings is 1. The van der Waals surface area contributed by atoms with Gasteiger partial charge in [-0.25, -0.2) is 4.98 Å². The number of benzene rings is 1. The van der Waals surface area contributed by atoms with E-state index in [9.17, 15) is 4.79 Å². The predicted octanol–water partition coefficient (Wildman–Crippen LogP) is 3.10. The van der Waals surface area contributed by atoms with Crippen LogP contribution in [-0.2, 0) is 24.3 Å². The topological polar surface area (TPSA) is 53.4 Å². The van der Waals surface area contributed by atoms with Gasteiger partial charge in [-0.1, -0.05) is 37.3 Å². The maximum absolute atomic E-state index is 10.9. The minimum atomic E-state index is -0.826. The van der Waals surface area contributed by atoms with Crippen LogP contribution in [0.3, 0.4) is 0 Å². The van der Waals surface area contributed by atoms with Crippen molar-refractivity contribution in [1.82, 2.24) is 9.88 Å². The first-order chi connectivity index (χ1) is 10.1. The molecule has 112 valence electrons. The molecule has 0 aliphatic rings. The molecule has 0 bridgehead atoms. The van der Waals surface area contributed by atoms with Gasteiger partial charge in [-0.05, 0) is 19.0 Å². The number of hydrogen-bond acceptors (Lipinski definition) is 4. The molecule has 0 amide bonds. The number of rotatable bonds is 7. The molecule has 0 fully saturated rings. The van der Waals surface area contributed by atoms with Gasteiger partial charge in [0.25, 0.3) is 0 Å². The molecule has 0 aliphatic heterocycles. The Morgan fingerprint density at radius 3 is 2.62 bits per heavy atom. The van der Waals surface area contributed by atoms with E-state index in [1.807, 2.05) is 25.1 Å². The van der Waals surface area contributed by atoms with Gasteiger partial charge in [-0.2, -0.15) is 0 Å². The molecule has 1 N–H and O–H groups in total. The standard InChI is InChI=1S/C16H20N2O2S/c1-3-18(10-13-7-5-4-6-8-13)11-15-14(9-16(19)20)17-12(2)21-15/h4-8H,3,9-11H2,1-2H3,(H,19,20). The second-order valence-electron chi connectivity index (χ2n) is 4.96. The lowest BCUT2D eigenvalue weighted by Gasteiger charge is -2.20. The van der Waals surface area contributed by atoms with Gasteiger partial charge < -0.3 is 5.11 Å². The van der Waals surface area contributed by atoms with Crippen LogP contribution in [0.25, 0.3) is 0 Å². The van der Waals surface area contributed by atoms with Crippen LogP contribution in [0.4, 0.5) is 0 Å². The van der Waals surface area contributed by atoms with Crippen LogP contribution in [0, 0.1) is 6.92 Å². The first kappa shape index (κ1) is 15.7. The quantitative estimate of drug-likeness (QED) is 0.854. The zero-order chi connectivity index (χ0) is 15.2. The molecule has 5 heteroatoms. The molecule has 0 saturated carbocycles. The van der Waals surface area contributed by atoms with E-state index in [0.29, 0.717) is 5.69 Å². The van der Waals surface area contributed by atoms with Crippen molar-refractivity contribution in [3.8, 4) is 0 Å². The third-order valence-corrected chi connectivity index (χ3v) is 4.27. The van der Waals surface area contributed by atoms with Crippen molar-refractivity contribution in [1.29, 1.82) is 0 Å². The minimum absolute atomic E-state index is 0.00254. The molecule has 1 aromatic carbocycles. The monoisotopic (exact) mass is 304 g/mol. The van der Waals surface area contributed by atoms with Gasteiger partial charge in [0, 0.05) is 18.0 Å². The average Bonchev–Trinajstić information content (AvgIpc) is 2.78. The number of hydrogen-bond donors (Lipinski definition) is 1. The van der Waals surface area contributed by atoms with Gasteiger partial charge in [0.05, 0.1) is 17.1 Å². The maximum Gasteiger partial charge on any atom is 0.309 e. The second kappa shape index (κ2) is 7.33. The first-order valence-electron chi connectivity index (χ1n) is 7.01. The average molecular weight is 304 g/mol. The fourth-order valence-electron chi connectivity index (χ4n) is 2.24. The van der Waals surface area contributed by atoms with Crippen LogP contribution in [0.2, 0.25) is 0 Å². The molecule has 2 aromatic rings.